The second-order valence-electron chi connectivity index (χ2n) is 6.85. The molecule has 0 spiro atoms. The topological polar surface area (TPSA) is 32.8 Å². The predicted octanol–water partition coefficient (Wildman–Crippen LogP) is 4.06. The second-order valence-corrected chi connectivity index (χ2v) is 6.85. The predicted molar refractivity (Wildman–Crippen MR) is 100 cm³/mol. The number of methoxy groups -OCH3 is 1. The Balaban J connectivity index is 1.58. The van der Waals surface area contributed by atoms with Gasteiger partial charge in [-0.05, 0) is 48.4 Å². The van der Waals surface area contributed by atoms with E-state index < -0.39 is 11.7 Å². The van der Waals surface area contributed by atoms with Crippen molar-refractivity contribution in [1.29, 1.82) is 0 Å². The van der Waals surface area contributed by atoms with Gasteiger partial charge in [-0.3, -0.25) is 9.69 Å². The zero-order chi connectivity index (χ0) is 20.1. The van der Waals surface area contributed by atoms with Crippen molar-refractivity contribution in [3.8, 4) is 5.75 Å². The van der Waals surface area contributed by atoms with Crippen molar-refractivity contribution in [3.63, 3.8) is 0 Å². The molecule has 1 saturated heterocycles. The van der Waals surface area contributed by atoms with Crippen LogP contribution < -0.4 is 4.74 Å². The van der Waals surface area contributed by atoms with Crippen molar-refractivity contribution in [2.75, 3.05) is 33.3 Å². The van der Waals surface area contributed by atoms with E-state index in [0.29, 0.717) is 13.1 Å². The summed E-state index contributed by atoms with van der Waals surface area (Å²) >= 11 is 0. The highest BCUT2D eigenvalue weighted by Gasteiger charge is 2.30. The van der Waals surface area contributed by atoms with Crippen molar-refractivity contribution >= 4 is 5.91 Å². The maximum absolute atomic E-state index is 12.7. The first-order chi connectivity index (χ1) is 13.4. The molecule has 2 aromatic carbocycles. The van der Waals surface area contributed by atoms with Gasteiger partial charge in [-0.2, -0.15) is 13.2 Å². The van der Waals surface area contributed by atoms with Crippen LogP contribution in [0.2, 0.25) is 0 Å². The van der Waals surface area contributed by atoms with Gasteiger partial charge in [-0.1, -0.05) is 12.1 Å². The molecule has 28 heavy (non-hydrogen) atoms. The van der Waals surface area contributed by atoms with Crippen molar-refractivity contribution in [1.82, 2.24) is 9.80 Å². The van der Waals surface area contributed by atoms with Crippen molar-refractivity contribution in [2.45, 2.75) is 19.1 Å². The first-order valence-electron chi connectivity index (χ1n) is 9.18. The third-order valence-electron chi connectivity index (χ3n) is 4.90. The first kappa shape index (κ1) is 20.2. The lowest BCUT2D eigenvalue weighted by atomic mass is 10.1. The first-order valence-corrected chi connectivity index (χ1v) is 9.18. The number of alkyl halides is 3. The van der Waals surface area contributed by atoms with Crippen LogP contribution in [0, 0.1) is 0 Å². The molecule has 0 N–H and O–H groups in total. The molecule has 1 heterocycles. The molecule has 0 aromatic heterocycles. The number of halogens is 3. The standard InChI is InChI=1S/C21H23F3N2O2/c1-28-19-9-3-16(4-10-19)15-25-11-2-12-26(14-13-25)20(27)17-5-7-18(8-6-17)21(22,23)24/h3-10H,2,11-15H2,1H3. The van der Waals surface area contributed by atoms with Gasteiger partial charge in [0.15, 0.2) is 0 Å². The largest absolute Gasteiger partial charge is 0.497 e. The van der Waals surface area contributed by atoms with Gasteiger partial charge in [0, 0.05) is 38.3 Å². The Hall–Kier alpha value is -2.54. The van der Waals surface area contributed by atoms with E-state index in [9.17, 15) is 18.0 Å². The maximum atomic E-state index is 12.7. The number of nitrogens with zero attached hydrogens (tertiary/aromatic N) is 2. The van der Waals surface area contributed by atoms with Gasteiger partial charge in [0.05, 0.1) is 12.7 Å². The van der Waals surface area contributed by atoms with Crippen LogP contribution in [0.1, 0.15) is 27.9 Å². The summed E-state index contributed by atoms with van der Waals surface area (Å²) in [6.45, 7) is 3.52. The van der Waals surface area contributed by atoms with Gasteiger partial charge >= 0.3 is 6.18 Å². The lowest BCUT2D eigenvalue weighted by molar-refractivity contribution is -0.137. The zero-order valence-corrected chi connectivity index (χ0v) is 15.7. The molecule has 2 aromatic rings. The Morgan fingerprint density at radius 1 is 0.964 bits per heavy atom. The Morgan fingerprint density at radius 2 is 1.64 bits per heavy atom. The molecule has 0 aliphatic carbocycles. The van der Waals surface area contributed by atoms with E-state index in [0.717, 1.165) is 43.9 Å². The summed E-state index contributed by atoms with van der Waals surface area (Å²) in [5.41, 5.74) is 0.713. The quantitative estimate of drug-likeness (QED) is 0.787. The summed E-state index contributed by atoms with van der Waals surface area (Å²) in [5, 5.41) is 0. The highest BCUT2D eigenvalue weighted by atomic mass is 19.4. The fourth-order valence-corrected chi connectivity index (χ4v) is 3.31. The number of carbonyl (C=O) groups is 1. The highest BCUT2D eigenvalue weighted by molar-refractivity contribution is 5.94. The van der Waals surface area contributed by atoms with Crippen LogP contribution in [0.25, 0.3) is 0 Å². The monoisotopic (exact) mass is 392 g/mol. The van der Waals surface area contributed by atoms with Crippen LogP contribution in [0.15, 0.2) is 48.5 Å². The third kappa shape index (κ3) is 5.04. The minimum Gasteiger partial charge on any atom is -0.497 e. The SMILES string of the molecule is COc1ccc(CN2CCCN(C(=O)c3ccc(C(F)(F)F)cc3)CC2)cc1. The molecule has 0 saturated carbocycles. The van der Waals surface area contributed by atoms with E-state index in [1.807, 2.05) is 24.3 Å². The molecule has 7 heteroatoms. The summed E-state index contributed by atoms with van der Waals surface area (Å²) in [6.07, 6.45) is -3.57. The zero-order valence-electron chi connectivity index (χ0n) is 15.7. The van der Waals surface area contributed by atoms with E-state index in [1.165, 1.54) is 17.7 Å². The van der Waals surface area contributed by atoms with Gasteiger partial charge < -0.3 is 9.64 Å². The number of carbonyl (C=O) groups excluding carboxylic acids is 1. The molecule has 0 radical (unpaired) electrons. The number of hydrogen-bond acceptors (Lipinski definition) is 3. The minimum absolute atomic E-state index is 0.222. The summed E-state index contributed by atoms with van der Waals surface area (Å²) in [5.74, 6) is 0.591. The van der Waals surface area contributed by atoms with Crippen molar-refractivity contribution in [2.24, 2.45) is 0 Å². The van der Waals surface area contributed by atoms with Gasteiger partial charge in [-0.15, -0.1) is 0 Å². The Kier molecular flexibility index (Phi) is 6.24. The van der Waals surface area contributed by atoms with Crippen LogP contribution in [0.4, 0.5) is 13.2 Å². The number of hydrogen-bond donors (Lipinski definition) is 0. The molecular formula is C21H23F3N2O2. The summed E-state index contributed by atoms with van der Waals surface area (Å²) in [7, 11) is 1.63. The van der Waals surface area contributed by atoms with E-state index in [1.54, 1.807) is 12.0 Å². The van der Waals surface area contributed by atoms with Crippen LogP contribution in [-0.2, 0) is 12.7 Å². The van der Waals surface area contributed by atoms with Crippen molar-refractivity contribution < 1.29 is 22.7 Å². The molecule has 1 aliphatic rings. The Labute approximate surface area is 162 Å². The lowest BCUT2D eigenvalue weighted by Crippen LogP contribution is -2.35. The van der Waals surface area contributed by atoms with Crippen molar-refractivity contribution in [3.05, 3.63) is 65.2 Å². The molecule has 0 atom stereocenters. The van der Waals surface area contributed by atoms with Crippen LogP contribution in [-0.4, -0.2) is 49.0 Å². The van der Waals surface area contributed by atoms with E-state index in [2.05, 4.69) is 4.90 Å². The number of rotatable bonds is 4. The normalized spacial score (nSPS) is 15.9. The highest BCUT2D eigenvalue weighted by Crippen LogP contribution is 2.29. The molecule has 150 valence electrons. The minimum atomic E-state index is -4.40. The smallest absolute Gasteiger partial charge is 0.416 e. The van der Waals surface area contributed by atoms with E-state index in [-0.39, 0.29) is 11.5 Å². The molecule has 1 amide bonds. The van der Waals surface area contributed by atoms with Crippen LogP contribution in [0.3, 0.4) is 0 Å². The Morgan fingerprint density at radius 3 is 2.25 bits per heavy atom. The van der Waals surface area contributed by atoms with Gasteiger partial charge in [-0.25, -0.2) is 0 Å². The van der Waals surface area contributed by atoms with Crippen LogP contribution in [0.5, 0.6) is 5.75 Å². The summed E-state index contributed by atoms with van der Waals surface area (Å²) < 4.78 is 43.2. The van der Waals surface area contributed by atoms with E-state index in [4.69, 9.17) is 4.74 Å². The fourth-order valence-electron chi connectivity index (χ4n) is 3.31. The van der Waals surface area contributed by atoms with E-state index >= 15 is 0 Å². The third-order valence-corrected chi connectivity index (χ3v) is 4.90. The molecule has 1 aliphatic heterocycles. The number of benzene rings is 2. The number of ether oxygens (including phenoxy) is 1. The average Bonchev–Trinajstić information content (AvgIpc) is 2.93. The molecule has 4 nitrogen and oxygen atoms in total. The van der Waals surface area contributed by atoms with Gasteiger partial charge in [0.25, 0.3) is 5.91 Å². The molecule has 3 rings (SSSR count). The summed E-state index contributed by atoms with van der Waals surface area (Å²) in [6, 6.07) is 12.3. The lowest BCUT2D eigenvalue weighted by Gasteiger charge is -2.22. The summed E-state index contributed by atoms with van der Waals surface area (Å²) in [4.78, 5) is 16.7. The molecule has 0 unspecified atom stereocenters. The molecule has 1 fully saturated rings. The number of amides is 1. The second kappa shape index (κ2) is 8.65. The molecule has 0 bridgehead atoms. The molecular weight excluding hydrogens is 369 g/mol. The maximum Gasteiger partial charge on any atom is 0.416 e. The van der Waals surface area contributed by atoms with Gasteiger partial charge in [0.2, 0.25) is 0 Å². The van der Waals surface area contributed by atoms with Gasteiger partial charge in [0.1, 0.15) is 5.75 Å². The average molecular weight is 392 g/mol. The fraction of sp³-hybridized carbons (Fsp3) is 0.381. The van der Waals surface area contributed by atoms with Crippen LogP contribution >= 0.6 is 0 Å². The Bertz CT molecular complexity index is 789.